The summed E-state index contributed by atoms with van der Waals surface area (Å²) in [5.41, 5.74) is -0.604. The van der Waals surface area contributed by atoms with E-state index in [1.165, 1.54) is 12.1 Å². The number of rotatable bonds is 4. The maximum absolute atomic E-state index is 13.0. The summed E-state index contributed by atoms with van der Waals surface area (Å²) in [5, 5.41) is 5.77. The fraction of sp³-hybridized carbons (Fsp3) is 0.533. The lowest BCUT2D eigenvalue weighted by Gasteiger charge is -2.32. The van der Waals surface area contributed by atoms with E-state index in [9.17, 15) is 18.0 Å². The Hall–Kier alpha value is -1.27. The van der Waals surface area contributed by atoms with Crippen molar-refractivity contribution in [1.29, 1.82) is 0 Å². The fourth-order valence-corrected chi connectivity index (χ4v) is 2.43. The minimum absolute atomic E-state index is 0. The van der Waals surface area contributed by atoms with Crippen molar-refractivity contribution in [1.82, 2.24) is 10.6 Å². The van der Waals surface area contributed by atoms with Gasteiger partial charge < -0.3 is 10.6 Å². The molecule has 0 bridgehead atoms. The lowest BCUT2D eigenvalue weighted by atomic mass is 9.88. The number of alkyl halides is 3. The van der Waals surface area contributed by atoms with Gasteiger partial charge in [-0.3, -0.25) is 4.79 Å². The minimum Gasteiger partial charge on any atom is -0.349 e. The Kier molecular flexibility index (Phi) is 6.26. The first-order valence-corrected chi connectivity index (χ1v) is 6.98. The summed E-state index contributed by atoms with van der Waals surface area (Å²) in [5.74, 6) is -0.146. The second-order valence-corrected chi connectivity index (χ2v) is 5.52. The van der Waals surface area contributed by atoms with Crippen molar-refractivity contribution in [3.8, 4) is 0 Å². The van der Waals surface area contributed by atoms with Crippen LogP contribution in [0.3, 0.4) is 0 Å². The van der Waals surface area contributed by atoms with E-state index in [0.717, 1.165) is 19.2 Å². The molecule has 2 unspecified atom stereocenters. The van der Waals surface area contributed by atoms with Crippen LogP contribution >= 0.6 is 12.4 Å². The van der Waals surface area contributed by atoms with Crippen molar-refractivity contribution in [2.75, 3.05) is 13.1 Å². The van der Waals surface area contributed by atoms with Crippen LogP contribution in [-0.4, -0.2) is 19.0 Å². The first kappa shape index (κ1) is 18.8. The topological polar surface area (TPSA) is 41.1 Å². The fourth-order valence-electron chi connectivity index (χ4n) is 2.43. The molecule has 2 atom stereocenters. The number of carbonyl (C=O) groups excluding carboxylic acids is 1. The molecule has 0 radical (unpaired) electrons. The molecular formula is C15H20ClF3N2O. The summed E-state index contributed by atoms with van der Waals surface area (Å²) in [6.07, 6.45) is -4.42. The van der Waals surface area contributed by atoms with Gasteiger partial charge in [0.15, 0.2) is 0 Å². The second kappa shape index (κ2) is 7.33. The van der Waals surface area contributed by atoms with Crippen molar-refractivity contribution < 1.29 is 18.0 Å². The van der Waals surface area contributed by atoms with Crippen molar-refractivity contribution in [2.45, 2.75) is 26.1 Å². The third kappa shape index (κ3) is 4.14. The van der Waals surface area contributed by atoms with Gasteiger partial charge in [-0.25, -0.2) is 0 Å². The van der Waals surface area contributed by atoms with Crippen LogP contribution in [0, 0.1) is 11.8 Å². The molecule has 1 amide bonds. The Morgan fingerprint density at radius 3 is 2.36 bits per heavy atom. The van der Waals surface area contributed by atoms with Crippen molar-refractivity contribution >= 4 is 18.3 Å². The number of hydrogen-bond donors (Lipinski definition) is 2. The molecule has 0 aromatic heterocycles. The molecule has 1 heterocycles. The first-order chi connectivity index (χ1) is 9.80. The first-order valence-electron chi connectivity index (χ1n) is 6.98. The Bertz CT molecular complexity index is 518. The quantitative estimate of drug-likeness (QED) is 0.886. The number of halogens is 4. The monoisotopic (exact) mass is 336 g/mol. The van der Waals surface area contributed by atoms with Crippen molar-refractivity contribution in [2.24, 2.45) is 11.8 Å². The van der Waals surface area contributed by atoms with E-state index in [4.69, 9.17) is 0 Å². The summed E-state index contributed by atoms with van der Waals surface area (Å²) in [6, 6.07) is 4.67. The summed E-state index contributed by atoms with van der Waals surface area (Å²) in [4.78, 5) is 12.1. The highest BCUT2D eigenvalue weighted by molar-refractivity contribution is 5.85. The van der Waals surface area contributed by atoms with Gasteiger partial charge in [-0.2, -0.15) is 13.2 Å². The summed E-state index contributed by atoms with van der Waals surface area (Å²) in [7, 11) is 0. The molecule has 2 rings (SSSR count). The molecular weight excluding hydrogens is 317 g/mol. The van der Waals surface area contributed by atoms with Gasteiger partial charge >= 0.3 is 6.18 Å². The van der Waals surface area contributed by atoms with Crippen LogP contribution in [0.5, 0.6) is 0 Å². The van der Waals surface area contributed by atoms with Crippen LogP contribution in [0.2, 0.25) is 0 Å². The Morgan fingerprint density at radius 1 is 1.27 bits per heavy atom. The maximum Gasteiger partial charge on any atom is 0.416 e. The zero-order valence-corrected chi connectivity index (χ0v) is 13.2. The zero-order chi connectivity index (χ0) is 15.6. The molecule has 124 valence electrons. The van der Waals surface area contributed by atoms with Crippen LogP contribution in [-0.2, 0) is 11.0 Å². The van der Waals surface area contributed by atoms with E-state index < -0.39 is 17.8 Å². The van der Waals surface area contributed by atoms with Gasteiger partial charge in [0.05, 0.1) is 11.6 Å². The molecule has 1 aromatic carbocycles. The summed E-state index contributed by atoms with van der Waals surface area (Å²) >= 11 is 0. The predicted octanol–water partition coefficient (Wildman–Crippen LogP) is 3.16. The number of benzene rings is 1. The highest BCUT2D eigenvalue weighted by Crippen LogP contribution is 2.34. The van der Waals surface area contributed by atoms with Crippen LogP contribution in [0.15, 0.2) is 24.3 Å². The van der Waals surface area contributed by atoms with Crippen LogP contribution in [0.25, 0.3) is 0 Å². The SMILES string of the molecule is CC(NC(=O)C(C)C1CNC1)c1ccccc1C(F)(F)F.Cl. The molecule has 0 aliphatic carbocycles. The van der Waals surface area contributed by atoms with Gasteiger partial charge in [0.2, 0.25) is 5.91 Å². The zero-order valence-electron chi connectivity index (χ0n) is 12.4. The standard InChI is InChI=1S/C15H19F3N2O.ClH/c1-9(11-7-19-8-11)14(21)20-10(2)12-5-3-4-6-13(12)15(16,17)18;/h3-6,9-11,19H,7-8H2,1-2H3,(H,20,21);1H. The normalized spacial score (nSPS) is 17.9. The molecule has 1 aromatic rings. The van der Waals surface area contributed by atoms with Gasteiger partial charge in [0, 0.05) is 5.92 Å². The lowest BCUT2D eigenvalue weighted by Crippen LogP contribution is -2.49. The van der Waals surface area contributed by atoms with E-state index in [1.807, 2.05) is 6.92 Å². The number of nitrogens with one attached hydrogen (secondary N) is 2. The van der Waals surface area contributed by atoms with Gasteiger partial charge in [0.25, 0.3) is 0 Å². The summed E-state index contributed by atoms with van der Waals surface area (Å²) in [6.45, 7) is 4.95. The molecule has 1 aliphatic rings. The molecule has 1 aliphatic heterocycles. The van der Waals surface area contributed by atoms with Gasteiger partial charge in [0.1, 0.15) is 0 Å². The van der Waals surface area contributed by atoms with Gasteiger partial charge in [-0.1, -0.05) is 25.1 Å². The molecule has 22 heavy (non-hydrogen) atoms. The van der Waals surface area contributed by atoms with E-state index in [-0.39, 0.29) is 35.7 Å². The summed E-state index contributed by atoms with van der Waals surface area (Å²) < 4.78 is 38.9. The highest BCUT2D eigenvalue weighted by Gasteiger charge is 2.35. The smallest absolute Gasteiger partial charge is 0.349 e. The van der Waals surface area contributed by atoms with Crippen molar-refractivity contribution in [3.05, 3.63) is 35.4 Å². The van der Waals surface area contributed by atoms with Gasteiger partial charge in [-0.15, -0.1) is 12.4 Å². The van der Waals surface area contributed by atoms with E-state index in [2.05, 4.69) is 10.6 Å². The predicted molar refractivity (Wildman–Crippen MR) is 80.8 cm³/mol. The molecule has 0 saturated carbocycles. The lowest BCUT2D eigenvalue weighted by molar-refractivity contribution is -0.139. The highest BCUT2D eigenvalue weighted by atomic mass is 35.5. The number of amides is 1. The minimum atomic E-state index is -4.42. The molecule has 7 heteroatoms. The Balaban J connectivity index is 0.00000242. The molecule has 3 nitrogen and oxygen atoms in total. The average molecular weight is 337 g/mol. The Labute approximate surface area is 134 Å². The average Bonchev–Trinajstić information content (AvgIpc) is 2.35. The molecule has 2 N–H and O–H groups in total. The number of hydrogen-bond acceptors (Lipinski definition) is 2. The number of carbonyl (C=O) groups is 1. The third-order valence-electron chi connectivity index (χ3n) is 4.03. The maximum atomic E-state index is 13.0. The van der Waals surface area contributed by atoms with Gasteiger partial charge in [-0.05, 0) is 37.6 Å². The Morgan fingerprint density at radius 2 is 1.86 bits per heavy atom. The van der Waals surface area contributed by atoms with Crippen LogP contribution in [0.1, 0.15) is 31.0 Å². The van der Waals surface area contributed by atoms with E-state index in [1.54, 1.807) is 13.0 Å². The molecule has 1 saturated heterocycles. The van der Waals surface area contributed by atoms with Crippen LogP contribution < -0.4 is 10.6 Å². The largest absolute Gasteiger partial charge is 0.416 e. The molecule has 0 spiro atoms. The van der Waals surface area contributed by atoms with Crippen molar-refractivity contribution in [3.63, 3.8) is 0 Å². The molecule has 1 fully saturated rings. The van der Waals surface area contributed by atoms with E-state index in [0.29, 0.717) is 0 Å². The van der Waals surface area contributed by atoms with E-state index >= 15 is 0 Å². The van der Waals surface area contributed by atoms with Crippen LogP contribution in [0.4, 0.5) is 13.2 Å². The second-order valence-electron chi connectivity index (χ2n) is 5.52. The third-order valence-corrected chi connectivity index (χ3v) is 4.03.